The average molecular weight is 290 g/mol. The van der Waals surface area contributed by atoms with Crippen LogP contribution in [0, 0.1) is 5.92 Å². The van der Waals surface area contributed by atoms with E-state index in [0.717, 1.165) is 43.6 Å². The molecular formula is C18H26O3. The summed E-state index contributed by atoms with van der Waals surface area (Å²) in [5.74, 6) is 1.05. The zero-order valence-electron chi connectivity index (χ0n) is 13.1. The number of ether oxygens (including phenoxy) is 2. The van der Waals surface area contributed by atoms with Crippen LogP contribution in [0.4, 0.5) is 0 Å². The lowest BCUT2D eigenvalue weighted by Crippen LogP contribution is -2.44. The second-order valence-electron chi connectivity index (χ2n) is 6.81. The fourth-order valence-corrected chi connectivity index (χ4v) is 4.05. The van der Waals surface area contributed by atoms with Crippen molar-refractivity contribution in [3.8, 4) is 5.75 Å². The van der Waals surface area contributed by atoms with Crippen molar-refractivity contribution in [1.82, 2.24) is 0 Å². The number of hydrogen-bond acceptors (Lipinski definition) is 3. The molecule has 2 atom stereocenters. The van der Waals surface area contributed by atoms with E-state index < -0.39 is 5.60 Å². The topological polar surface area (TPSA) is 38.7 Å². The third-order valence-corrected chi connectivity index (χ3v) is 5.46. The first-order valence-corrected chi connectivity index (χ1v) is 8.07. The maximum absolute atomic E-state index is 11.2. The van der Waals surface area contributed by atoms with Gasteiger partial charge in [-0.3, -0.25) is 0 Å². The monoisotopic (exact) mass is 290 g/mol. The Balaban J connectivity index is 1.83. The van der Waals surface area contributed by atoms with Gasteiger partial charge in [-0.25, -0.2) is 0 Å². The van der Waals surface area contributed by atoms with Crippen molar-refractivity contribution in [3.05, 3.63) is 29.8 Å². The van der Waals surface area contributed by atoms with Crippen molar-refractivity contribution in [2.75, 3.05) is 13.7 Å². The van der Waals surface area contributed by atoms with Gasteiger partial charge in [0, 0.05) is 6.61 Å². The van der Waals surface area contributed by atoms with Crippen LogP contribution in [0.3, 0.4) is 0 Å². The van der Waals surface area contributed by atoms with E-state index in [0.29, 0.717) is 0 Å². The molecule has 3 nitrogen and oxygen atoms in total. The molecular weight excluding hydrogens is 264 g/mol. The normalized spacial score (nSPS) is 27.5. The number of methoxy groups -OCH3 is 1. The Bertz CT molecular complexity index is 489. The molecule has 1 aromatic carbocycles. The number of rotatable bonds is 3. The second-order valence-corrected chi connectivity index (χ2v) is 6.81. The van der Waals surface area contributed by atoms with Gasteiger partial charge in [0.15, 0.2) is 0 Å². The summed E-state index contributed by atoms with van der Waals surface area (Å²) in [4.78, 5) is 0. The summed E-state index contributed by atoms with van der Waals surface area (Å²) in [5.41, 5.74) is 0.154. The highest BCUT2D eigenvalue weighted by Gasteiger charge is 2.45. The summed E-state index contributed by atoms with van der Waals surface area (Å²) in [6, 6.07) is 7.82. The predicted octanol–water partition coefficient (Wildman–Crippen LogP) is 3.64. The van der Waals surface area contributed by atoms with Gasteiger partial charge in [-0.1, -0.05) is 25.0 Å². The van der Waals surface area contributed by atoms with Gasteiger partial charge >= 0.3 is 0 Å². The minimum atomic E-state index is -0.825. The van der Waals surface area contributed by atoms with Gasteiger partial charge in [0.1, 0.15) is 5.75 Å². The van der Waals surface area contributed by atoms with E-state index in [1.807, 2.05) is 31.2 Å². The molecule has 0 radical (unpaired) electrons. The van der Waals surface area contributed by atoms with Crippen LogP contribution in [-0.2, 0) is 10.3 Å². The Hall–Kier alpha value is -1.06. The maximum Gasteiger partial charge on any atom is 0.119 e. The number of benzene rings is 1. The minimum Gasteiger partial charge on any atom is -0.497 e. The van der Waals surface area contributed by atoms with Gasteiger partial charge in [-0.15, -0.1) is 0 Å². The zero-order valence-corrected chi connectivity index (χ0v) is 13.1. The molecule has 0 amide bonds. The van der Waals surface area contributed by atoms with Crippen molar-refractivity contribution in [1.29, 1.82) is 0 Å². The molecule has 3 heteroatoms. The molecule has 0 aromatic heterocycles. The van der Waals surface area contributed by atoms with Gasteiger partial charge in [-0.05, 0) is 56.2 Å². The van der Waals surface area contributed by atoms with E-state index in [4.69, 9.17) is 9.47 Å². The van der Waals surface area contributed by atoms with E-state index in [1.54, 1.807) is 7.11 Å². The largest absolute Gasteiger partial charge is 0.497 e. The van der Waals surface area contributed by atoms with Crippen LogP contribution in [-0.4, -0.2) is 24.4 Å². The summed E-state index contributed by atoms with van der Waals surface area (Å²) in [6.07, 6.45) is 6.71. The zero-order chi connectivity index (χ0) is 14.9. The Morgan fingerprint density at radius 3 is 2.81 bits per heavy atom. The third-order valence-electron chi connectivity index (χ3n) is 5.46. The van der Waals surface area contributed by atoms with E-state index in [9.17, 15) is 5.11 Å². The summed E-state index contributed by atoms with van der Waals surface area (Å²) in [6.45, 7) is 2.71. The molecule has 1 N–H and O–H groups in total. The molecule has 2 fully saturated rings. The van der Waals surface area contributed by atoms with E-state index >= 15 is 0 Å². The summed E-state index contributed by atoms with van der Waals surface area (Å²) in [7, 11) is 1.66. The average Bonchev–Trinajstić information content (AvgIpc) is 2.95. The molecule has 2 unspecified atom stereocenters. The first-order chi connectivity index (χ1) is 10.1. The lowest BCUT2D eigenvalue weighted by Gasteiger charge is -2.44. The molecule has 1 heterocycles. The molecule has 3 rings (SSSR count). The Morgan fingerprint density at radius 1 is 1.33 bits per heavy atom. The molecule has 116 valence electrons. The first kappa shape index (κ1) is 14.9. The SMILES string of the molecule is COc1cccc(C(C)(O)C2CCOC3(CCCC3)C2)c1. The van der Waals surface area contributed by atoms with Crippen LogP contribution in [0.5, 0.6) is 5.75 Å². The van der Waals surface area contributed by atoms with Gasteiger partial charge in [0.2, 0.25) is 0 Å². The Morgan fingerprint density at radius 2 is 2.10 bits per heavy atom. The van der Waals surface area contributed by atoms with Gasteiger partial charge in [0.05, 0.1) is 18.3 Å². The molecule has 2 aliphatic rings. The van der Waals surface area contributed by atoms with Crippen LogP contribution >= 0.6 is 0 Å². The summed E-state index contributed by atoms with van der Waals surface area (Å²) < 4.78 is 11.4. The fraction of sp³-hybridized carbons (Fsp3) is 0.667. The second kappa shape index (κ2) is 5.62. The van der Waals surface area contributed by atoms with Crippen LogP contribution in [0.25, 0.3) is 0 Å². The molecule has 1 spiro atoms. The van der Waals surface area contributed by atoms with Crippen LogP contribution in [0.2, 0.25) is 0 Å². The standard InChI is InChI=1S/C18H26O3/c1-17(19,14-6-5-7-16(12-14)20-2)15-8-11-21-18(13-15)9-3-4-10-18/h5-7,12,15,19H,3-4,8-11,13H2,1-2H3. The fourth-order valence-electron chi connectivity index (χ4n) is 4.05. The molecule has 0 bridgehead atoms. The maximum atomic E-state index is 11.2. The minimum absolute atomic E-state index is 0.0335. The molecule has 1 aliphatic carbocycles. The van der Waals surface area contributed by atoms with Crippen molar-refractivity contribution in [3.63, 3.8) is 0 Å². The van der Waals surface area contributed by atoms with Crippen LogP contribution in [0.15, 0.2) is 24.3 Å². The lowest BCUT2D eigenvalue weighted by molar-refractivity contribution is -0.138. The van der Waals surface area contributed by atoms with E-state index in [1.165, 1.54) is 12.8 Å². The highest BCUT2D eigenvalue weighted by atomic mass is 16.5. The predicted molar refractivity (Wildman–Crippen MR) is 82.4 cm³/mol. The summed E-state index contributed by atoms with van der Waals surface area (Å²) >= 11 is 0. The molecule has 1 saturated heterocycles. The number of aliphatic hydroxyl groups is 1. The Labute approximate surface area is 127 Å². The molecule has 1 saturated carbocycles. The number of hydrogen-bond donors (Lipinski definition) is 1. The van der Waals surface area contributed by atoms with Gasteiger partial charge in [0.25, 0.3) is 0 Å². The first-order valence-electron chi connectivity index (χ1n) is 8.07. The third kappa shape index (κ3) is 2.82. The van der Waals surface area contributed by atoms with Crippen LogP contribution < -0.4 is 4.74 Å². The molecule has 1 aliphatic heterocycles. The highest BCUT2D eigenvalue weighted by Crippen LogP contribution is 2.47. The van der Waals surface area contributed by atoms with Gasteiger partial charge in [-0.2, -0.15) is 0 Å². The quantitative estimate of drug-likeness (QED) is 0.923. The van der Waals surface area contributed by atoms with Crippen molar-refractivity contribution >= 4 is 0 Å². The van der Waals surface area contributed by atoms with Crippen LogP contribution in [0.1, 0.15) is 51.0 Å². The van der Waals surface area contributed by atoms with Crippen molar-refractivity contribution in [2.24, 2.45) is 5.92 Å². The highest BCUT2D eigenvalue weighted by molar-refractivity contribution is 5.32. The lowest BCUT2D eigenvalue weighted by atomic mass is 9.73. The summed E-state index contributed by atoms with van der Waals surface area (Å²) in [5, 5.41) is 11.2. The smallest absolute Gasteiger partial charge is 0.119 e. The van der Waals surface area contributed by atoms with Crippen molar-refractivity contribution in [2.45, 2.75) is 56.7 Å². The Kier molecular flexibility index (Phi) is 3.98. The molecule has 1 aromatic rings. The van der Waals surface area contributed by atoms with E-state index in [2.05, 4.69) is 0 Å². The van der Waals surface area contributed by atoms with E-state index in [-0.39, 0.29) is 11.5 Å². The van der Waals surface area contributed by atoms with Gasteiger partial charge < -0.3 is 14.6 Å². The van der Waals surface area contributed by atoms with Crippen molar-refractivity contribution < 1.29 is 14.6 Å². The molecule has 21 heavy (non-hydrogen) atoms.